The third-order valence-corrected chi connectivity index (χ3v) is 2.69. The van der Waals surface area contributed by atoms with E-state index in [9.17, 15) is 4.79 Å². The monoisotopic (exact) mass is 234 g/mol. The number of rotatable bonds is 4. The fourth-order valence-corrected chi connectivity index (χ4v) is 1.69. The second kappa shape index (κ2) is 5.35. The van der Waals surface area contributed by atoms with Crippen LogP contribution in [-0.2, 0) is 16.6 Å². The van der Waals surface area contributed by atoms with E-state index < -0.39 is 0 Å². The van der Waals surface area contributed by atoms with Crippen LogP contribution in [0.4, 0.5) is 0 Å². The van der Waals surface area contributed by atoms with Gasteiger partial charge in [-0.1, -0.05) is 39.8 Å². The maximum Gasteiger partial charge on any atom is 0.167 e. The van der Waals surface area contributed by atoms with Crippen molar-refractivity contribution in [1.82, 2.24) is 0 Å². The number of carbonyl (C=O) groups is 1. The van der Waals surface area contributed by atoms with Gasteiger partial charge in [0.15, 0.2) is 5.78 Å². The second-order valence-corrected chi connectivity index (χ2v) is 5.42. The molecular weight excluding hydrogens is 212 g/mol. The summed E-state index contributed by atoms with van der Waals surface area (Å²) >= 11 is 0. The summed E-state index contributed by atoms with van der Waals surface area (Å²) in [5.74, 6) is 0.870. The van der Waals surface area contributed by atoms with Gasteiger partial charge in [0.2, 0.25) is 0 Å². The molecule has 0 aromatic heterocycles. The smallest absolute Gasteiger partial charge is 0.167 e. The van der Waals surface area contributed by atoms with Gasteiger partial charge < -0.3 is 4.74 Å². The molecule has 0 aliphatic heterocycles. The molecule has 0 radical (unpaired) electrons. The van der Waals surface area contributed by atoms with Crippen molar-refractivity contribution in [1.29, 1.82) is 0 Å². The molecule has 1 rings (SSSR count). The van der Waals surface area contributed by atoms with Crippen molar-refractivity contribution in [2.45, 2.75) is 46.5 Å². The van der Waals surface area contributed by atoms with Gasteiger partial charge in [-0.3, -0.25) is 4.79 Å². The molecule has 0 amide bonds. The standard InChI is InChI=1S/C15H22O2/c1-6-12-7-8-14(17-10-11(2)16)13(9-12)15(3,4)5/h7-9H,6,10H2,1-5H3. The lowest BCUT2D eigenvalue weighted by Gasteiger charge is -2.23. The van der Waals surface area contributed by atoms with Gasteiger partial charge in [-0.2, -0.15) is 0 Å². The first-order chi connectivity index (χ1) is 7.84. The number of hydrogen-bond acceptors (Lipinski definition) is 2. The Hall–Kier alpha value is -1.31. The maximum absolute atomic E-state index is 11.0. The van der Waals surface area contributed by atoms with Gasteiger partial charge in [-0.15, -0.1) is 0 Å². The summed E-state index contributed by atoms with van der Waals surface area (Å²) in [6, 6.07) is 6.21. The second-order valence-electron chi connectivity index (χ2n) is 5.42. The van der Waals surface area contributed by atoms with Crippen LogP contribution in [0.25, 0.3) is 0 Å². The van der Waals surface area contributed by atoms with Crippen LogP contribution in [0.5, 0.6) is 5.75 Å². The van der Waals surface area contributed by atoms with Crippen molar-refractivity contribution in [2.75, 3.05) is 6.61 Å². The van der Waals surface area contributed by atoms with E-state index in [1.54, 1.807) is 0 Å². The topological polar surface area (TPSA) is 26.3 Å². The summed E-state index contributed by atoms with van der Waals surface area (Å²) in [5, 5.41) is 0. The molecule has 0 fully saturated rings. The third kappa shape index (κ3) is 3.88. The van der Waals surface area contributed by atoms with E-state index in [-0.39, 0.29) is 17.8 Å². The average molecular weight is 234 g/mol. The molecule has 0 spiro atoms. The van der Waals surface area contributed by atoms with Crippen LogP contribution >= 0.6 is 0 Å². The Morgan fingerprint density at radius 3 is 2.41 bits per heavy atom. The van der Waals surface area contributed by atoms with Crippen LogP contribution in [-0.4, -0.2) is 12.4 Å². The van der Waals surface area contributed by atoms with Crippen molar-refractivity contribution in [3.05, 3.63) is 29.3 Å². The molecule has 17 heavy (non-hydrogen) atoms. The van der Waals surface area contributed by atoms with Crippen molar-refractivity contribution in [2.24, 2.45) is 0 Å². The molecule has 0 unspecified atom stereocenters. The van der Waals surface area contributed by atoms with Gasteiger partial charge in [0.1, 0.15) is 12.4 Å². The van der Waals surface area contributed by atoms with E-state index in [2.05, 4.69) is 39.8 Å². The number of carbonyl (C=O) groups excluding carboxylic acids is 1. The average Bonchev–Trinajstić information content (AvgIpc) is 2.24. The van der Waals surface area contributed by atoms with Gasteiger partial charge in [0.25, 0.3) is 0 Å². The van der Waals surface area contributed by atoms with Crippen molar-refractivity contribution < 1.29 is 9.53 Å². The summed E-state index contributed by atoms with van der Waals surface area (Å²) in [6.07, 6.45) is 1.01. The molecule has 0 aliphatic rings. The lowest BCUT2D eigenvalue weighted by Crippen LogP contribution is -2.16. The fourth-order valence-electron chi connectivity index (χ4n) is 1.69. The molecule has 0 N–H and O–H groups in total. The number of hydrogen-bond donors (Lipinski definition) is 0. The quantitative estimate of drug-likeness (QED) is 0.796. The van der Waals surface area contributed by atoms with E-state index in [0.29, 0.717) is 0 Å². The molecule has 94 valence electrons. The highest BCUT2D eigenvalue weighted by molar-refractivity contribution is 5.77. The van der Waals surface area contributed by atoms with Crippen LogP contribution in [0.2, 0.25) is 0 Å². The highest BCUT2D eigenvalue weighted by atomic mass is 16.5. The SMILES string of the molecule is CCc1ccc(OCC(C)=O)c(C(C)(C)C)c1. The highest BCUT2D eigenvalue weighted by Crippen LogP contribution is 2.32. The maximum atomic E-state index is 11.0. The molecule has 0 saturated heterocycles. The Balaban J connectivity index is 3.07. The normalized spacial score (nSPS) is 11.4. The number of benzene rings is 1. The summed E-state index contributed by atoms with van der Waals surface area (Å²) < 4.78 is 5.58. The minimum absolute atomic E-state index is 0.0251. The zero-order valence-electron chi connectivity index (χ0n) is 11.5. The lowest BCUT2D eigenvalue weighted by atomic mass is 9.85. The Bertz CT molecular complexity index is 400. The van der Waals surface area contributed by atoms with Crippen LogP contribution < -0.4 is 4.74 Å². The number of Topliss-reactive ketones (excluding diaryl/α,β-unsaturated/α-hetero) is 1. The van der Waals surface area contributed by atoms with Crippen LogP contribution in [0.1, 0.15) is 45.7 Å². The Labute approximate surface area is 104 Å². The van der Waals surface area contributed by atoms with Gasteiger partial charge in [0, 0.05) is 0 Å². The first kappa shape index (κ1) is 13.8. The zero-order chi connectivity index (χ0) is 13.1. The number of ether oxygens (including phenoxy) is 1. The Morgan fingerprint density at radius 2 is 1.94 bits per heavy atom. The third-order valence-electron chi connectivity index (χ3n) is 2.69. The number of aryl methyl sites for hydroxylation is 1. The molecule has 1 aromatic rings. The van der Waals surface area contributed by atoms with Gasteiger partial charge in [0.05, 0.1) is 0 Å². The van der Waals surface area contributed by atoms with Crippen molar-refractivity contribution in [3.63, 3.8) is 0 Å². The minimum atomic E-state index is 0.0251. The molecule has 0 atom stereocenters. The molecule has 2 heteroatoms. The van der Waals surface area contributed by atoms with E-state index in [0.717, 1.165) is 17.7 Å². The molecular formula is C15H22O2. The van der Waals surface area contributed by atoms with Crippen molar-refractivity contribution in [3.8, 4) is 5.75 Å². The minimum Gasteiger partial charge on any atom is -0.486 e. The predicted molar refractivity (Wildman–Crippen MR) is 70.7 cm³/mol. The van der Waals surface area contributed by atoms with Crippen LogP contribution in [0, 0.1) is 0 Å². The first-order valence-electron chi connectivity index (χ1n) is 6.10. The predicted octanol–water partition coefficient (Wildman–Crippen LogP) is 3.51. The molecule has 2 nitrogen and oxygen atoms in total. The molecule has 0 bridgehead atoms. The summed E-state index contributed by atoms with van der Waals surface area (Å²) in [6.45, 7) is 10.3. The van der Waals surface area contributed by atoms with Gasteiger partial charge in [-0.25, -0.2) is 0 Å². The summed E-state index contributed by atoms with van der Waals surface area (Å²) in [5.41, 5.74) is 2.49. The first-order valence-corrected chi connectivity index (χ1v) is 6.10. The molecule has 0 heterocycles. The highest BCUT2D eigenvalue weighted by Gasteiger charge is 2.19. The largest absolute Gasteiger partial charge is 0.486 e. The van der Waals surface area contributed by atoms with Gasteiger partial charge >= 0.3 is 0 Å². The molecule has 1 aromatic carbocycles. The van der Waals surface area contributed by atoms with Crippen LogP contribution in [0.3, 0.4) is 0 Å². The van der Waals surface area contributed by atoms with E-state index in [1.807, 2.05) is 6.07 Å². The summed E-state index contributed by atoms with van der Waals surface area (Å²) in [4.78, 5) is 11.0. The Kier molecular flexibility index (Phi) is 4.33. The lowest BCUT2D eigenvalue weighted by molar-refractivity contribution is -0.118. The number of ketones is 1. The summed E-state index contributed by atoms with van der Waals surface area (Å²) in [7, 11) is 0. The van der Waals surface area contributed by atoms with E-state index in [1.165, 1.54) is 12.5 Å². The molecule has 0 saturated carbocycles. The Morgan fingerprint density at radius 1 is 1.29 bits per heavy atom. The van der Waals surface area contributed by atoms with E-state index in [4.69, 9.17) is 4.74 Å². The van der Waals surface area contributed by atoms with Crippen LogP contribution in [0.15, 0.2) is 18.2 Å². The molecule has 0 aliphatic carbocycles. The fraction of sp³-hybridized carbons (Fsp3) is 0.533. The zero-order valence-corrected chi connectivity index (χ0v) is 11.5. The van der Waals surface area contributed by atoms with E-state index >= 15 is 0 Å². The van der Waals surface area contributed by atoms with Crippen molar-refractivity contribution >= 4 is 5.78 Å². The van der Waals surface area contributed by atoms with Gasteiger partial charge in [-0.05, 0) is 36.0 Å².